The lowest BCUT2D eigenvalue weighted by Gasteiger charge is -2.32. The van der Waals surface area contributed by atoms with Crippen LogP contribution in [0, 0.1) is 6.92 Å². The molecule has 1 aliphatic rings. The molecule has 5 nitrogen and oxygen atoms in total. The Kier molecular flexibility index (Phi) is 5.54. The quantitative estimate of drug-likeness (QED) is 0.547. The number of hydrogen-bond acceptors (Lipinski definition) is 3. The summed E-state index contributed by atoms with van der Waals surface area (Å²) in [5.41, 5.74) is 3.11. The van der Waals surface area contributed by atoms with Gasteiger partial charge in [0, 0.05) is 31.0 Å². The second-order valence-corrected chi connectivity index (χ2v) is 9.15. The van der Waals surface area contributed by atoms with Crippen molar-refractivity contribution in [3.05, 3.63) is 59.9 Å². The van der Waals surface area contributed by atoms with E-state index in [0.29, 0.717) is 13.0 Å². The van der Waals surface area contributed by atoms with Crippen LogP contribution < -0.4 is 4.74 Å². The maximum Gasteiger partial charge on any atom is 0.223 e. The zero-order chi connectivity index (χ0) is 21.3. The van der Waals surface area contributed by atoms with Crippen LogP contribution in [0.3, 0.4) is 0 Å². The van der Waals surface area contributed by atoms with Gasteiger partial charge in [-0.2, -0.15) is 0 Å². The number of aryl methyl sites for hydroxylation is 2. The van der Waals surface area contributed by atoms with Crippen molar-refractivity contribution in [1.29, 1.82) is 0 Å². The number of likely N-dealkylation sites (tertiary alicyclic amines) is 1. The minimum Gasteiger partial charge on any atom is -0.493 e. The monoisotopic (exact) mass is 405 g/mol. The van der Waals surface area contributed by atoms with Crippen LogP contribution >= 0.6 is 0 Å². The van der Waals surface area contributed by atoms with Crippen LogP contribution in [0.4, 0.5) is 0 Å². The summed E-state index contributed by atoms with van der Waals surface area (Å²) < 4.78 is 8.29. The van der Waals surface area contributed by atoms with E-state index in [4.69, 9.17) is 9.72 Å². The first-order valence-corrected chi connectivity index (χ1v) is 10.8. The SMILES string of the molecule is Cc1ccccc1OCCCn1c(C2CC(=O)N(C(C)(C)C)C2)nc2ccccc21. The second kappa shape index (κ2) is 8.13. The van der Waals surface area contributed by atoms with Gasteiger partial charge in [0.2, 0.25) is 5.91 Å². The number of carbonyl (C=O) groups is 1. The molecule has 0 saturated carbocycles. The highest BCUT2D eigenvalue weighted by atomic mass is 16.5. The molecule has 1 amide bonds. The molecule has 0 spiro atoms. The molecule has 1 fully saturated rings. The van der Waals surface area contributed by atoms with Gasteiger partial charge in [0.05, 0.1) is 17.6 Å². The summed E-state index contributed by atoms with van der Waals surface area (Å²) in [6.07, 6.45) is 1.41. The lowest BCUT2D eigenvalue weighted by atomic mass is 10.1. The first kappa shape index (κ1) is 20.5. The Morgan fingerprint density at radius 1 is 1.10 bits per heavy atom. The molecule has 1 atom stereocenters. The maximum absolute atomic E-state index is 12.6. The molecule has 158 valence electrons. The molecule has 5 heteroatoms. The summed E-state index contributed by atoms with van der Waals surface area (Å²) >= 11 is 0. The van der Waals surface area contributed by atoms with Crippen molar-refractivity contribution >= 4 is 16.9 Å². The molecular formula is C25H31N3O2. The van der Waals surface area contributed by atoms with E-state index in [0.717, 1.165) is 47.7 Å². The third kappa shape index (κ3) is 4.07. The summed E-state index contributed by atoms with van der Waals surface area (Å²) in [7, 11) is 0. The number of benzene rings is 2. The van der Waals surface area contributed by atoms with Crippen molar-refractivity contribution < 1.29 is 9.53 Å². The normalized spacial score (nSPS) is 17.1. The molecule has 2 aromatic carbocycles. The van der Waals surface area contributed by atoms with Crippen molar-refractivity contribution in [3.63, 3.8) is 0 Å². The van der Waals surface area contributed by atoms with Gasteiger partial charge in [0.1, 0.15) is 11.6 Å². The Bertz CT molecular complexity index is 1050. The third-order valence-corrected chi connectivity index (χ3v) is 5.86. The number of rotatable bonds is 6. The zero-order valence-electron chi connectivity index (χ0n) is 18.4. The number of carbonyl (C=O) groups excluding carboxylic acids is 1. The molecule has 0 N–H and O–H groups in total. The molecule has 0 radical (unpaired) electrons. The summed E-state index contributed by atoms with van der Waals surface area (Å²) in [4.78, 5) is 19.6. The van der Waals surface area contributed by atoms with Crippen molar-refractivity contribution in [2.24, 2.45) is 0 Å². The zero-order valence-corrected chi connectivity index (χ0v) is 18.4. The van der Waals surface area contributed by atoms with Crippen LogP contribution in [0.15, 0.2) is 48.5 Å². The van der Waals surface area contributed by atoms with Gasteiger partial charge >= 0.3 is 0 Å². The van der Waals surface area contributed by atoms with E-state index in [1.54, 1.807) is 0 Å². The minimum atomic E-state index is -0.163. The first-order chi connectivity index (χ1) is 14.3. The molecule has 30 heavy (non-hydrogen) atoms. The fourth-order valence-corrected chi connectivity index (χ4v) is 4.29. The van der Waals surface area contributed by atoms with Gasteiger partial charge in [-0.15, -0.1) is 0 Å². The summed E-state index contributed by atoms with van der Waals surface area (Å²) in [6, 6.07) is 16.3. The van der Waals surface area contributed by atoms with Crippen molar-refractivity contribution in [2.45, 2.75) is 58.5 Å². The van der Waals surface area contributed by atoms with Gasteiger partial charge in [0.15, 0.2) is 0 Å². The Morgan fingerprint density at radius 3 is 2.57 bits per heavy atom. The lowest BCUT2D eigenvalue weighted by molar-refractivity contribution is -0.131. The third-order valence-electron chi connectivity index (χ3n) is 5.86. The fourth-order valence-electron chi connectivity index (χ4n) is 4.29. The number of para-hydroxylation sites is 3. The van der Waals surface area contributed by atoms with Gasteiger partial charge < -0.3 is 14.2 Å². The predicted molar refractivity (Wildman–Crippen MR) is 120 cm³/mol. The Morgan fingerprint density at radius 2 is 1.83 bits per heavy atom. The standard InChI is InChI=1S/C25H31N3O2/c1-18-10-5-8-13-22(18)30-15-9-14-27-21-12-7-6-11-20(21)26-24(27)19-16-23(29)28(17-19)25(2,3)4/h5-8,10-13,19H,9,14-17H2,1-4H3. The van der Waals surface area contributed by atoms with Gasteiger partial charge in [-0.25, -0.2) is 4.98 Å². The van der Waals surface area contributed by atoms with E-state index in [-0.39, 0.29) is 17.4 Å². The number of imidazole rings is 1. The van der Waals surface area contributed by atoms with Crippen LogP contribution in [0.5, 0.6) is 5.75 Å². The first-order valence-electron chi connectivity index (χ1n) is 10.8. The summed E-state index contributed by atoms with van der Waals surface area (Å²) in [5, 5.41) is 0. The highest BCUT2D eigenvalue weighted by Crippen LogP contribution is 2.34. The number of fused-ring (bicyclic) bond motifs is 1. The van der Waals surface area contributed by atoms with E-state index < -0.39 is 0 Å². The predicted octanol–water partition coefficient (Wildman–Crippen LogP) is 4.93. The Labute approximate surface area is 178 Å². The average Bonchev–Trinajstić information content (AvgIpc) is 3.27. The van der Waals surface area contributed by atoms with Gasteiger partial charge in [0.25, 0.3) is 0 Å². The van der Waals surface area contributed by atoms with Crippen LogP contribution in [-0.4, -0.2) is 39.0 Å². The Hall–Kier alpha value is -2.82. The molecule has 1 aliphatic heterocycles. The molecule has 1 unspecified atom stereocenters. The number of aromatic nitrogens is 2. The number of amides is 1. The van der Waals surface area contributed by atoms with E-state index in [2.05, 4.69) is 56.5 Å². The highest BCUT2D eigenvalue weighted by Gasteiger charge is 2.38. The molecule has 0 bridgehead atoms. The largest absolute Gasteiger partial charge is 0.493 e. The van der Waals surface area contributed by atoms with E-state index in [9.17, 15) is 4.79 Å². The van der Waals surface area contributed by atoms with Crippen molar-refractivity contribution in [3.8, 4) is 5.75 Å². The number of nitrogens with zero attached hydrogens (tertiary/aromatic N) is 3. The molecule has 2 heterocycles. The average molecular weight is 406 g/mol. The maximum atomic E-state index is 12.6. The molecule has 0 aliphatic carbocycles. The fraction of sp³-hybridized carbons (Fsp3) is 0.440. The summed E-state index contributed by atoms with van der Waals surface area (Å²) in [5.74, 6) is 2.30. The minimum absolute atomic E-state index is 0.126. The van der Waals surface area contributed by atoms with Gasteiger partial charge in [-0.3, -0.25) is 4.79 Å². The van der Waals surface area contributed by atoms with E-state index in [1.807, 2.05) is 29.2 Å². The number of ether oxygens (including phenoxy) is 1. The summed E-state index contributed by atoms with van der Waals surface area (Å²) in [6.45, 7) is 10.5. The molecule has 1 saturated heterocycles. The topological polar surface area (TPSA) is 47.4 Å². The van der Waals surface area contributed by atoms with Crippen LogP contribution in [0.1, 0.15) is 50.9 Å². The molecule has 1 aromatic heterocycles. The highest BCUT2D eigenvalue weighted by molar-refractivity contribution is 5.81. The smallest absolute Gasteiger partial charge is 0.223 e. The van der Waals surface area contributed by atoms with Crippen LogP contribution in [0.25, 0.3) is 11.0 Å². The van der Waals surface area contributed by atoms with Crippen LogP contribution in [0.2, 0.25) is 0 Å². The number of hydrogen-bond donors (Lipinski definition) is 0. The van der Waals surface area contributed by atoms with E-state index >= 15 is 0 Å². The van der Waals surface area contributed by atoms with Crippen LogP contribution in [-0.2, 0) is 11.3 Å². The van der Waals surface area contributed by atoms with Crippen molar-refractivity contribution in [2.75, 3.05) is 13.2 Å². The van der Waals surface area contributed by atoms with Crippen molar-refractivity contribution in [1.82, 2.24) is 14.5 Å². The van der Waals surface area contributed by atoms with Gasteiger partial charge in [-0.1, -0.05) is 30.3 Å². The van der Waals surface area contributed by atoms with Gasteiger partial charge in [-0.05, 0) is 57.9 Å². The Balaban J connectivity index is 1.52. The molecular weight excluding hydrogens is 374 g/mol. The molecule has 3 aromatic rings. The van der Waals surface area contributed by atoms with E-state index in [1.165, 1.54) is 0 Å². The second-order valence-electron chi connectivity index (χ2n) is 9.15. The molecule has 4 rings (SSSR count). The lowest BCUT2D eigenvalue weighted by Crippen LogP contribution is -2.42.